The van der Waals surface area contributed by atoms with Gasteiger partial charge in [0.25, 0.3) is 5.56 Å². The van der Waals surface area contributed by atoms with E-state index in [-0.39, 0.29) is 16.3 Å². The van der Waals surface area contributed by atoms with Crippen LogP contribution in [0.2, 0.25) is 5.02 Å². The molecule has 0 fully saturated rings. The number of hydrogen-bond acceptors (Lipinski definition) is 5. The molecule has 0 spiro atoms. The van der Waals surface area contributed by atoms with Crippen LogP contribution in [-0.2, 0) is 0 Å². The van der Waals surface area contributed by atoms with Crippen molar-refractivity contribution in [3.63, 3.8) is 0 Å². The van der Waals surface area contributed by atoms with Crippen LogP contribution < -0.4 is 5.56 Å². The van der Waals surface area contributed by atoms with E-state index in [1.807, 2.05) is 50.2 Å². The summed E-state index contributed by atoms with van der Waals surface area (Å²) in [6.45, 7) is 3.85. The van der Waals surface area contributed by atoms with Crippen molar-refractivity contribution >= 4 is 35.2 Å². The van der Waals surface area contributed by atoms with Crippen LogP contribution in [0.4, 0.5) is 11.4 Å². The van der Waals surface area contributed by atoms with Crippen LogP contribution in [0.5, 0.6) is 5.88 Å². The third-order valence-corrected chi connectivity index (χ3v) is 5.57. The molecule has 3 aromatic carbocycles. The third kappa shape index (κ3) is 4.12. The molecule has 0 aliphatic heterocycles. The maximum Gasteiger partial charge on any atom is 0.290 e. The zero-order chi connectivity index (χ0) is 22.8. The molecule has 0 bridgehead atoms. The van der Waals surface area contributed by atoms with Crippen LogP contribution in [0.3, 0.4) is 0 Å². The van der Waals surface area contributed by atoms with Gasteiger partial charge < -0.3 is 5.11 Å². The fourth-order valence-electron chi connectivity index (χ4n) is 3.24. The Labute approximate surface area is 194 Å². The van der Waals surface area contributed by atoms with E-state index >= 15 is 0 Å². The summed E-state index contributed by atoms with van der Waals surface area (Å²) in [5, 5.41) is 19.8. The Morgan fingerprint density at radius 1 is 0.875 bits per heavy atom. The van der Waals surface area contributed by atoms with Crippen molar-refractivity contribution in [2.45, 2.75) is 13.8 Å². The second kappa shape index (κ2) is 8.90. The predicted octanol–water partition coefficient (Wildman–Crippen LogP) is 6.75. The largest absolute Gasteiger partial charge is 0.492 e. The average Bonchev–Trinajstić information content (AvgIpc) is 2.77. The van der Waals surface area contributed by atoms with Gasteiger partial charge in [-0.25, -0.2) is 0 Å². The minimum Gasteiger partial charge on any atom is -0.492 e. The lowest BCUT2D eigenvalue weighted by Gasteiger charge is -2.17. The lowest BCUT2D eigenvalue weighted by molar-refractivity contribution is 0.432. The Morgan fingerprint density at radius 3 is 2.19 bits per heavy atom. The van der Waals surface area contributed by atoms with Crippen molar-refractivity contribution in [3.05, 3.63) is 104 Å². The summed E-state index contributed by atoms with van der Waals surface area (Å²) in [6.07, 6.45) is 0. The summed E-state index contributed by atoms with van der Waals surface area (Å²) >= 11 is 11.6. The normalized spacial score (nSPS) is 11.2. The first kappa shape index (κ1) is 21.7. The van der Waals surface area contributed by atoms with Gasteiger partial charge in [-0.2, -0.15) is 5.11 Å². The van der Waals surface area contributed by atoms with E-state index in [4.69, 9.17) is 23.8 Å². The van der Waals surface area contributed by atoms with Crippen LogP contribution in [-0.4, -0.2) is 14.2 Å². The fraction of sp³-hybridized carbons (Fsp3) is 0.0833. The molecule has 1 heterocycles. The van der Waals surface area contributed by atoms with E-state index in [0.29, 0.717) is 22.1 Å². The molecule has 0 saturated carbocycles. The molecule has 6 nitrogen and oxygen atoms in total. The van der Waals surface area contributed by atoms with Gasteiger partial charge in [-0.1, -0.05) is 47.5 Å². The van der Waals surface area contributed by atoms with Crippen molar-refractivity contribution in [3.8, 4) is 17.3 Å². The van der Waals surface area contributed by atoms with Gasteiger partial charge in [-0.15, -0.1) is 5.11 Å². The highest BCUT2D eigenvalue weighted by Crippen LogP contribution is 2.30. The van der Waals surface area contributed by atoms with Gasteiger partial charge in [0.1, 0.15) is 0 Å². The average molecular weight is 463 g/mol. The van der Waals surface area contributed by atoms with Crippen molar-refractivity contribution in [1.82, 2.24) is 9.13 Å². The van der Waals surface area contributed by atoms with Gasteiger partial charge in [0.2, 0.25) is 11.6 Å². The van der Waals surface area contributed by atoms with Crippen LogP contribution in [0.1, 0.15) is 11.1 Å². The Balaban J connectivity index is 2.01. The Hall–Kier alpha value is -3.55. The molecule has 0 aliphatic carbocycles. The Kier molecular flexibility index (Phi) is 6.03. The van der Waals surface area contributed by atoms with Crippen LogP contribution in [0.25, 0.3) is 11.4 Å². The second-order valence-corrected chi connectivity index (χ2v) is 8.03. The highest BCUT2D eigenvalue weighted by molar-refractivity contribution is 7.71. The molecule has 1 aromatic heterocycles. The summed E-state index contributed by atoms with van der Waals surface area (Å²) in [6, 6.07) is 21.5. The van der Waals surface area contributed by atoms with Crippen molar-refractivity contribution in [1.29, 1.82) is 0 Å². The molecule has 0 unspecified atom stereocenters. The molecule has 0 saturated heterocycles. The zero-order valence-corrected chi connectivity index (χ0v) is 18.9. The molecule has 4 aromatic rings. The van der Waals surface area contributed by atoms with Gasteiger partial charge in [0, 0.05) is 5.02 Å². The third-order valence-electron chi connectivity index (χ3n) is 4.95. The highest BCUT2D eigenvalue weighted by atomic mass is 35.5. The van der Waals surface area contributed by atoms with Gasteiger partial charge in [0.05, 0.1) is 17.1 Å². The van der Waals surface area contributed by atoms with Crippen LogP contribution in [0, 0.1) is 18.6 Å². The van der Waals surface area contributed by atoms with Crippen molar-refractivity contribution < 1.29 is 5.11 Å². The predicted molar refractivity (Wildman–Crippen MR) is 129 cm³/mol. The van der Waals surface area contributed by atoms with Gasteiger partial charge in [-0.05, 0) is 74.1 Å². The van der Waals surface area contributed by atoms with E-state index in [1.54, 1.807) is 36.4 Å². The molecule has 160 valence electrons. The van der Waals surface area contributed by atoms with Gasteiger partial charge in [0.15, 0.2) is 4.77 Å². The summed E-state index contributed by atoms with van der Waals surface area (Å²) in [7, 11) is 0. The summed E-state index contributed by atoms with van der Waals surface area (Å²) in [5.74, 6) is -0.379. The van der Waals surface area contributed by atoms with E-state index in [0.717, 1.165) is 11.1 Å². The molecule has 0 amide bonds. The molecular weight excluding hydrogens is 444 g/mol. The monoisotopic (exact) mass is 462 g/mol. The number of aryl methyl sites for hydroxylation is 2. The lowest BCUT2D eigenvalue weighted by atomic mass is 10.2. The SMILES string of the molecule is Cc1ccc(-n2c(=O)c(N=Nc3ccc(Cl)cc3)c(O)n(-c3ccccc3C)c2=S)cc1. The van der Waals surface area contributed by atoms with Gasteiger partial charge in [-0.3, -0.25) is 13.9 Å². The molecule has 1 N–H and O–H groups in total. The van der Waals surface area contributed by atoms with E-state index < -0.39 is 5.56 Å². The molecular formula is C24H19ClN4O2S. The molecule has 0 aliphatic rings. The zero-order valence-electron chi connectivity index (χ0n) is 17.4. The second-order valence-electron chi connectivity index (χ2n) is 7.23. The summed E-state index contributed by atoms with van der Waals surface area (Å²) < 4.78 is 2.90. The first-order chi connectivity index (χ1) is 15.4. The Bertz CT molecular complexity index is 1440. The molecule has 0 radical (unpaired) electrons. The number of benzene rings is 3. The minimum atomic E-state index is -0.570. The number of nitrogens with zero attached hydrogens (tertiary/aromatic N) is 4. The van der Waals surface area contributed by atoms with E-state index in [2.05, 4.69) is 10.2 Å². The molecule has 0 atom stereocenters. The smallest absolute Gasteiger partial charge is 0.290 e. The maximum atomic E-state index is 13.4. The number of para-hydroxylation sites is 1. The summed E-state index contributed by atoms with van der Waals surface area (Å²) in [4.78, 5) is 13.4. The lowest BCUT2D eigenvalue weighted by Crippen LogP contribution is -2.23. The molecule has 32 heavy (non-hydrogen) atoms. The number of azo groups is 1. The first-order valence-corrected chi connectivity index (χ1v) is 10.6. The van der Waals surface area contributed by atoms with Crippen molar-refractivity contribution in [2.75, 3.05) is 0 Å². The molecule has 4 rings (SSSR count). The Morgan fingerprint density at radius 2 is 1.53 bits per heavy atom. The van der Waals surface area contributed by atoms with E-state index in [1.165, 1.54) is 9.13 Å². The van der Waals surface area contributed by atoms with Gasteiger partial charge >= 0.3 is 0 Å². The topological polar surface area (TPSA) is 71.9 Å². The number of hydrogen-bond donors (Lipinski definition) is 1. The standard InChI is InChI=1S/C24H19ClN4O2S/c1-15-7-13-19(14-8-15)28-22(30)21(27-26-18-11-9-17(25)10-12-18)23(31)29(24(28)32)20-6-4-3-5-16(20)2/h3-14,31H,1-2H3. The number of aromatic hydroxyl groups is 1. The highest BCUT2D eigenvalue weighted by Gasteiger charge is 2.20. The number of aromatic nitrogens is 2. The van der Waals surface area contributed by atoms with E-state index in [9.17, 15) is 9.90 Å². The fourth-order valence-corrected chi connectivity index (χ4v) is 3.74. The molecule has 8 heteroatoms. The van der Waals surface area contributed by atoms with Crippen LogP contribution in [0.15, 0.2) is 87.8 Å². The first-order valence-electron chi connectivity index (χ1n) is 9.78. The quantitative estimate of drug-likeness (QED) is 0.269. The summed E-state index contributed by atoms with van der Waals surface area (Å²) in [5.41, 5.74) is 2.81. The number of halogens is 1. The minimum absolute atomic E-state index is 0.121. The van der Waals surface area contributed by atoms with Crippen LogP contribution >= 0.6 is 23.8 Å². The maximum absolute atomic E-state index is 13.4. The number of rotatable bonds is 4. The van der Waals surface area contributed by atoms with Crippen molar-refractivity contribution in [2.24, 2.45) is 10.2 Å².